The minimum atomic E-state index is -0.211. The Kier molecular flexibility index (Phi) is 8.65. The number of amides is 2. The van der Waals surface area contributed by atoms with Crippen LogP contribution in [0.4, 0.5) is 17.1 Å². The van der Waals surface area contributed by atoms with Gasteiger partial charge < -0.3 is 19.1 Å². The van der Waals surface area contributed by atoms with Gasteiger partial charge >= 0.3 is 0 Å². The number of aliphatic imine (C=N–C) groups is 1. The van der Waals surface area contributed by atoms with Crippen molar-refractivity contribution in [2.24, 2.45) is 10.9 Å². The highest BCUT2D eigenvalue weighted by Gasteiger charge is 2.38. The number of carbonyl (C=O) groups is 3. The normalized spacial score (nSPS) is 18.5. The number of anilines is 2. The van der Waals surface area contributed by atoms with Crippen LogP contribution in [0.5, 0.6) is 17.2 Å². The first-order valence-corrected chi connectivity index (χ1v) is 17.9. The number of hydrogen-bond acceptors (Lipinski definition) is 7. The van der Waals surface area contributed by atoms with Gasteiger partial charge in [-0.15, -0.1) is 0 Å². The van der Waals surface area contributed by atoms with E-state index in [1.54, 1.807) is 23.1 Å². The Balaban J connectivity index is 1.02. The van der Waals surface area contributed by atoms with Crippen LogP contribution < -0.4 is 24.0 Å². The van der Waals surface area contributed by atoms with E-state index < -0.39 is 0 Å². The van der Waals surface area contributed by atoms with Gasteiger partial charge in [-0.1, -0.05) is 50.2 Å². The molecule has 4 aliphatic rings. The highest BCUT2D eigenvalue weighted by Crippen LogP contribution is 2.42. The zero-order chi connectivity index (χ0) is 36.1. The summed E-state index contributed by atoms with van der Waals surface area (Å²) in [6, 6.07) is 23.3. The number of carbonyl (C=O) groups excluding carboxylic acids is 3. The van der Waals surface area contributed by atoms with E-state index >= 15 is 0 Å². The Bertz CT molecular complexity index is 2190. The van der Waals surface area contributed by atoms with Crippen LogP contribution in [0.1, 0.15) is 63.2 Å². The van der Waals surface area contributed by atoms with Crippen molar-refractivity contribution in [1.82, 2.24) is 0 Å². The minimum Gasteiger partial charge on any atom is -0.493 e. The Morgan fingerprint density at radius 1 is 0.827 bits per heavy atom. The monoisotopic (exact) mass is 695 g/mol. The first-order chi connectivity index (χ1) is 25.2. The van der Waals surface area contributed by atoms with E-state index in [0.717, 1.165) is 47.3 Å². The largest absolute Gasteiger partial charge is 0.493 e. The Morgan fingerprint density at radius 3 is 2.23 bits per heavy atom. The maximum absolute atomic E-state index is 13.9. The van der Waals surface area contributed by atoms with Crippen LogP contribution in [0.2, 0.25) is 0 Å². The number of rotatable bonds is 9. The molecule has 52 heavy (non-hydrogen) atoms. The number of para-hydroxylation sites is 2. The predicted molar refractivity (Wildman–Crippen MR) is 201 cm³/mol. The molecule has 4 aromatic rings. The number of methoxy groups -OCH3 is 1. The van der Waals surface area contributed by atoms with Gasteiger partial charge in [0, 0.05) is 53.2 Å². The number of aryl methyl sites for hydroxylation is 2. The Labute approximate surface area is 303 Å². The molecule has 0 aromatic heterocycles. The van der Waals surface area contributed by atoms with E-state index in [-0.39, 0.29) is 48.8 Å². The summed E-state index contributed by atoms with van der Waals surface area (Å²) >= 11 is 0. The van der Waals surface area contributed by atoms with Gasteiger partial charge in [-0.3, -0.25) is 24.3 Å². The minimum absolute atomic E-state index is 0.0274. The van der Waals surface area contributed by atoms with Crippen LogP contribution in [0.25, 0.3) is 0 Å². The summed E-state index contributed by atoms with van der Waals surface area (Å²) < 4.78 is 18.4. The molecule has 9 nitrogen and oxygen atoms in total. The van der Waals surface area contributed by atoms with Gasteiger partial charge in [-0.05, 0) is 84.8 Å². The van der Waals surface area contributed by atoms with E-state index in [1.807, 2.05) is 86.5 Å². The standard InChI is InChI=1S/C43H41N3O6/c1-25(2)38(47)16-27(23-51-39-19-28-13-14-31-17-29-9-5-7-11-36(29)45(31)42(48)33(28)15-26(39)3)24-52-41-21-35-34(20-40(41)50-4)43(49)46-32(22-44-35)18-30-10-6-8-12-37(30)46/h5-12,15-16,19-22,25,31-32H,13-14,17-18,23-24H2,1-4H3/b27-16+/t31-,32+/m1/s1. The SMILES string of the molecule is COc1cc2c(cc1OC/C(=C/C(=O)C(C)C)COc1cc3c(cc1C)C(=O)N1c4ccccc4C[C@H]1CC3)N=C[C@@H]1Cc3ccccc3N1C2=O. The molecule has 0 radical (unpaired) electrons. The van der Waals surface area contributed by atoms with Crippen molar-refractivity contribution in [1.29, 1.82) is 0 Å². The zero-order valence-corrected chi connectivity index (χ0v) is 29.8. The van der Waals surface area contributed by atoms with Crippen LogP contribution in [0.15, 0.2) is 89.4 Å². The smallest absolute Gasteiger partial charge is 0.261 e. The lowest BCUT2D eigenvalue weighted by Crippen LogP contribution is -2.37. The van der Waals surface area contributed by atoms with Gasteiger partial charge in [0.05, 0.1) is 24.4 Å². The maximum Gasteiger partial charge on any atom is 0.261 e. The van der Waals surface area contributed by atoms with Crippen molar-refractivity contribution in [3.63, 3.8) is 0 Å². The van der Waals surface area contributed by atoms with Gasteiger partial charge in [-0.25, -0.2) is 0 Å². The Hall–Kier alpha value is -5.70. The Morgan fingerprint density at radius 2 is 1.50 bits per heavy atom. The quantitative estimate of drug-likeness (QED) is 0.169. The third-order valence-corrected chi connectivity index (χ3v) is 10.5. The van der Waals surface area contributed by atoms with Gasteiger partial charge in [0.1, 0.15) is 19.0 Å². The molecular formula is C43H41N3O6. The first kappa shape index (κ1) is 33.4. The summed E-state index contributed by atoms with van der Waals surface area (Å²) in [4.78, 5) is 49.2. The van der Waals surface area contributed by atoms with Crippen molar-refractivity contribution >= 4 is 40.9 Å². The molecule has 4 aromatic carbocycles. The maximum atomic E-state index is 13.9. The lowest BCUT2D eigenvalue weighted by Gasteiger charge is -2.23. The number of benzene rings is 4. The van der Waals surface area contributed by atoms with Gasteiger partial charge in [0.15, 0.2) is 17.3 Å². The summed E-state index contributed by atoms with van der Waals surface area (Å²) in [5, 5.41) is 0. The summed E-state index contributed by atoms with van der Waals surface area (Å²) in [7, 11) is 1.53. The molecule has 0 N–H and O–H groups in total. The number of nitrogens with zero attached hydrogens (tertiary/aromatic N) is 3. The third-order valence-electron chi connectivity index (χ3n) is 10.5. The lowest BCUT2D eigenvalue weighted by atomic mass is 9.98. The topological polar surface area (TPSA) is 97.7 Å². The van der Waals surface area contributed by atoms with Crippen LogP contribution in [0, 0.1) is 12.8 Å². The molecule has 0 aliphatic carbocycles. The van der Waals surface area contributed by atoms with E-state index in [2.05, 4.69) is 6.07 Å². The summed E-state index contributed by atoms with van der Waals surface area (Å²) in [6.07, 6.45) is 6.59. The molecule has 4 heterocycles. The van der Waals surface area contributed by atoms with Gasteiger partial charge in [-0.2, -0.15) is 0 Å². The van der Waals surface area contributed by atoms with Crippen LogP contribution >= 0.6 is 0 Å². The average Bonchev–Trinajstić information content (AvgIpc) is 3.64. The highest BCUT2D eigenvalue weighted by molar-refractivity contribution is 6.15. The molecule has 2 atom stereocenters. The molecule has 0 unspecified atom stereocenters. The van der Waals surface area contributed by atoms with Gasteiger partial charge in [0.2, 0.25) is 0 Å². The molecule has 8 rings (SSSR count). The van der Waals surface area contributed by atoms with Crippen molar-refractivity contribution in [2.45, 2.75) is 58.5 Å². The molecular weight excluding hydrogens is 654 g/mol. The van der Waals surface area contributed by atoms with E-state index in [1.165, 1.54) is 12.7 Å². The molecule has 4 aliphatic heterocycles. The number of ketones is 1. The average molecular weight is 696 g/mol. The third kappa shape index (κ3) is 5.93. The highest BCUT2D eigenvalue weighted by atomic mass is 16.5. The summed E-state index contributed by atoms with van der Waals surface area (Å²) in [5.74, 6) is 1.08. The molecule has 9 heteroatoms. The first-order valence-electron chi connectivity index (χ1n) is 17.9. The second kappa shape index (κ2) is 13.5. The fourth-order valence-corrected chi connectivity index (χ4v) is 7.73. The number of allylic oxidation sites excluding steroid dienone is 1. The van der Waals surface area contributed by atoms with E-state index in [0.29, 0.717) is 46.1 Å². The number of fused-ring (bicyclic) bond motifs is 8. The molecule has 0 spiro atoms. The van der Waals surface area contributed by atoms with Crippen LogP contribution in [-0.2, 0) is 24.1 Å². The molecule has 0 bridgehead atoms. The fraction of sp³-hybridized carbons (Fsp3) is 0.302. The second-order valence-electron chi connectivity index (χ2n) is 14.3. The van der Waals surface area contributed by atoms with Gasteiger partial charge in [0.25, 0.3) is 11.8 Å². The second-order valence-corrected chi connectivity index (χ2v) is 14.3. The fourth-order valence-electron chi connectivity index (χ4n) is 7.73. The predicted octanol–water partition coefficient (Wildman–Crippen LogP) is 7.42. The summed E-state index contributed by atoms with van der Waals surface area (Å²) in [6.45, 7) is 5.79. The van der Waals surface area contributed by atoms with E-state index in [9.17, 15) is 14.4 Å². The molecule has 2 amide bonds. The van der Waals surface area contributed by atoms with Crippen molar-refractivity contribution < 1.29 is 28.6 Å². The number of ether oxygens (including phenoxy) is 3. The van der Waals surface area contributed by atoms with Crippen molar-refractivity contribution in [3.8, 4) is 17.2 Å². The zero-order valence-electron chi connectivity index (χ0n) is 29.8. The van der Waals surface area contributed by atoms with Crippen LogP contribution in [0.3, 0.4) is 0 Å². The molecule has 0 fully saturated rings. The van der Waals surface area contributed by atoms with Crippen LogP contribution in [-0.4, -0.2) is 56.2 Å². The molecule has 0 saturated carbocycles. The van der Waals surface area contributed by atoms with E-state index in [4.69, 9.17) is 19.2 Å². The number of hydrogen-bond donors (Lipinski definition) is 0. The van der Waals surface area contributed by atoms with Crippen molar-refractivity contribution in [3.05, 3.63) is 118 Å². The van der Waals surface area contributed by atoms with Crippen molar-refractivity contribution in [2.75, 3.05) is 30.1 Å². The molecule has 264 valence electrons. The molecule has 0 saturated heterocycles. The lowest BCUT2D eigenvalue weighted by molar-refractivity contribution is -0.117. The summed E-state index contributed by atoms with van der Waals surface area (Å²) in [5.41, 5.74) is 8.29.